The lowest BCUT2D eigenvalue weighted by Gasteiger charge is -2.26. The maximum Gasteiger partial charge on any atom is 0.339 e. The first kappa shape index (κ1) is 21.3. The van der Waals surface area contributed by atoms with Crippen LogP contribution in [0.3, 0.4) is 0 Å². The molecule has 0 spiro atoms. The highest BCUT2D eigenvalue weighted by molar-refractivity contribution is 7.89. The molecule has 2 aromatic carbocycles. The number of ether oxygens (including phenoxy) is 2. The van der Waals surface area contributed by atoms with Gasteiger partial charge in [-0.1, -0.05) is 23.7 Å². The number of nitrogens with one attached hydrogen (secondary N) is 1. The lowest BCUT2D eigenvalue weighted by Crippen LogP contribution is -2.40. The summed E-state index contributed by atoms with van der Waals surface area (Å²) in [6.07, 6.45) is 0. The minimum atomic E-state index is -3.88. The molecular formula is C19H19ClN2O6S. The van der Waals surface area contributed by atoms with Gasteiger partial charge in [-0.3, -0.25) is 4.79 Å². The Morgan fingerprint density at radius 3 is 2.52 bits per heavy atom. The van der Waals surface area contributed by atoms with E-state index in [2.05, 4.69) is 5.32 Å². The van der Waals surface area contributed by atoms with Gasteiger partial charge in [0.05, 0.1) is 36.6 Å². The van der Waals surface area contributed by atoms with E-state index < -0.39 is 21.9 Å². The van der Waals surface area contributed by atoms with Crippen molar-refractivity contribution in [2.45, 2.75) is 4.90 Å². The summed E-state index contributed by atoms with van der Waals surface area (Å²) in [5.41, 5.74) is 0.510. The number of hydrogen-bond donors (Lipinski definition) is 1. The molecule has 1 heterocycles. The first-order valence-electron chi connectivity index (χ1n) is 8.70. The number of hydrogen-bond acceptors (Lipinski definition) is 6. The highest BCUT2D eigenvalue weighted by Gasteiger charge is 2.29. The maximum absolute atomic E-state index is 12.9. The standard InChI is InChI=1S/C19H19ClN2O6S/c1-27-19(24)14-4-2-3-5-16(14)21-18(23)13-6-7-15(20)17(12-13)29(25,26)22-8-10-28-11-9-22/h2-7,12H,8-11H2,1H3,(H,21,23). The molecule has 0 radical (unpaired) electrons. The molecule has 0 aliphatic carbocycles. The highest BCUT2D eigenvalue weighted by atomic mass is 35.5. The van der Waals surface area contributed by atoms with Gasteiger partial charge in [-0.05, 0) is 30.3 Å². The van der Waals surface area contributed by atoms with E-state index in [0.29, 0.717) is 13.2 Å². The molecule has 154 valence electrons. The molecule has 0 aromatic heterocycles. The van der Waals surface area contributed by atoms with Gasteiger partial charge in [0.1, 0.15) is 4.90 Å². The molecule has 0 atom stereocenters. The highest BCUT2D eigenvalue weighted by Crippen LogP contribution is 2.27. The van der Waals surface area contributed by atoms with E-state index >= 15 is 0 Å². The van der Waals surface area contributed by atoms with Gasteiger partial charge in [-0.2, -0.15) is 4.31 Å². The molecule has 2 aromatic rings. The second-order valence-corrected chi connectivity index (χ2v) is 8.47. The van der Waals surface area contributed by atoms with Crippen LogP contribution in [0.1, 0.15) is 20.7 Å². The number of para-hydroxylation sites is 1. The normalized spacial score (nSPS) is 15.0. The summed E-state index contributed by atoms with van der Waals surface area (Å²) in [6.45, 7) is 1.01. The number of amides is 1. The van der Waals surface area contributed by atoms with E-state index in [1.165, 1.54) is 35.7 Å². The van der Waals surface area contributed by atoms with Crippen LogP contribution >= 0.6 is 11.6 Å². The molecule has 29 heavy (non-hydrogen) atoms. The number of morpholine rings is 1. The average molecular weight is 439 g/mol. The number of carbonyl (C=O) groups excluding carboxylic acids is 2. The smallest absolute Gasteiger partial charge is 0.339 e. The lowest BCUT2D eigenvalue weighted by molar-refractivity contribution is 0.0602. The zero-order chi connectivity index (χ0) is 21.0. The van der Waals surface area contributed by atoms with Crippen LogP contribution in [0.5, 0.6) is 0 Å². The molecule has 1 saturated heterocycles. The Bertz CT molecular complexity index is 1030. The van der Waals surface area contributed by atoms with Crippen LogP contribution in [0.15, 0.2) is 47.4 Å². The van der Waals surface area contributed by atoms with Crippen molar-refractivity contribution in [3.8, 4) is 0 Å². The number of carbonyl (C=O) groups is 2. The molecule has 0 saturated carbocycles. The molecule has 1 amide bonds. The molecule has 1 fully saturated rings. The number of benzene rings is 2. The summed E-state index contributed by atoms with van der Waals surface area (Å²) in [5.74, 6) is -1.19. The fraction of sp³-hybridized carbons (Fsp3) is 0.263. The number of rotatable bonds is 5. The van der Waals surface area contributed by atoms with Crippen LogP contribution in [-0.4, -0.2) is 58.0 Å². The second-order valence-electron chi connectivity index (χ2n) is 6.15. The lowest BCUT2D eigenvalue weighted by atomic mass is 10.1. The number of sulfonamides is 1. The number of esters is 1. The Labute approximate surface area is 173 Å². The van der Waals surface area contributed by atoms with Crippen LogP contribution in [0.25, 0.3) is 0 Å². The van der Waals surface area contributed by atoms with Crippen LogP contribution in [0, 0.1) is 0 Å². The summed E-state index contributed by atoms with van der Waals surface area (Å²) in [7, 11) is -2.64. The summed E-state index contributed by atoms with van der Waals surface area (Å²) in [4.78, 5) is 24.4. The SMILES string of the molecule is COC(=O)c1ccccc1NC(=O)c1ccc(Cl)c(S(=O)(=O)N2CCOCC2)c1. The Balaban J connectivity index is 1.90. The summed E-state index contributed by atoms with van der Waals surface area (Å²) >= 11 is 6.12. The fourth-order valence-corrected chi connectivity index (χ4v) is 4.75. The summed E-state index contributed by atoms with van der Waals surface area (Å²) < 4.78 is 37.0. The monoisotopic (exact) mass is 438 g/mol. The first-order valence-corrected chi connectivity index (χ1v) is 10.5. The van der Waals surface area contributed by atoms with E-state index in [0.717, 1.165) is 0 Å². The van der Waals surface area contributed by atoms with Crippen molar-refractivity contribution in [1.29, 1.82) is 0 Å². The Morgan fingerprint density at radius 2 is 1.83 bits per heavy atom. The fourth-order valence-electron chi connectivity index (χ4n) is 2.84. The summed E-state index contributed by atoms with van der Waals surface area (Å²) in [6, 6.07) is 10.3. The average Bonchev–Trinajstić information content (AvgIpc) is 2.74. The van der Waals surface area contributed by atoms with E-state index in [9.17, 15) is 18.0 Å². The third kappa shape index (κ3) is 4.59. The van der Waals surface area contributed by atoms with Gasteiger partial charge in [-0.15, -0.1) is 0 Å². The van der Waals surface area contributed by atoms with E-state index in [1.807, 2.05) is 0 Å². The Hall–Kier alpha value is -2.46. The molecule has 1 aliphatic rings. The van der Waals surface area contributed by atoms with Crippen molar-refractivity contribution in [2.75, 3.05) is 38.7 Å². The van der Waals surface area contributed by atoms with Crippen molar-refractivity contribution in [1.82, 2.24) is 4.31 Å². The van der Waals surface area contributed by atoms with Crippen LogP contribution in [-0.2, 0) is 19.5 Å². The predicted molar refractivity (Wildman–Crippen MR) is 107 cm³/mol. The molecule has 0 unspecified atom stereocenters. The molecule has 0 bridgehead atoms. The molecular weight excluding hydrogens is 420 g/mol. The van der Waals surface area contributed by atoms with Gasteiger partial charge < -0.3 is 14.8 Å². The van der Waals surface area contributed by atoms with Gasteiger partial charge >= 0.3 is 5.97 Å². The Morgan fingerprint density at radius 1 is 1.14 bits per heavy atom. The molecule has 1 aliphatic heterocycles. The van der Waals surface area contributed by atoms with Gasteiger partial charge in [0.15, 0.2) is 0 Å². The molecule has 3 rings (SSSR count). The van der Waals surface area contributed by atoms with Gasteiger partial charge in [0.25, 0.3) is 5.91 Å². The zero-order valence-corrected chi connectivity index (χ0v) is 17.1. The largest absolute Gasteiger partial charge is 0.465 e. The first-order chi connectivity index (χ1) is 13.8. The van der Waals surface area contributed by atoms with Crippen molar-refractivity contribution in [3.63, 3.8) is 0 Å². The minimum absolute atomic E-state index is 0.0167. The van der Waals surface area contributed by atoms with E-state index in [-0.39, 0.29) is 39.8 Å². The van der Waals surface area contributed by atoms with Crippen molar-refractivity contribution in [2.24, 2.45) is 0 Å². The maximum atomic E-state index is 12.9. The predicted octanol–water partition coefficient (Wildman–Crippen LogP) is 2.40. The minimum Gasteiger partial charge on any atom is -0.465 e. The van der Waals surface area contributed by atoms with E-state index in [1.54, 1.807) is 18.2 Å². The van der Waals surface area contributed by atoms with Gasteiger partial charge in [-0.25, -0.2) is 13.2 Å². The van der Waals surface area contributed by atoms with Crippen molar-refractivity contribution >= 4 is 39.2 Å². The topological polar surface area (TPSA) is 102 Å². The number of methoxy groups -OCH3 is 1. The second kappa shape index (κ2) is 8.91. The van der Waals surface area contributed by atoms with Gasteiger partial charge in [0, 0.05) is 18.7 Å². The quantitative estimate of drug-likeness (QED) is 0.719. The molecule has 8 nitrogen and oxygen atoms in total. The third-order valence-corrected chi connectivity index (χ3v) is 6.74. The zero-order valence-electron chi connectivity index (χ0n) is 15.6. The van der Waals surface area contributed by atoms with Crippen LogP contribution in [0.4, 0.5) is 5.69 Å². The Kier molecular flexibility index (Phi) is 6.53. The number of anilines is 1. The summed E-state index contributed by atoms with van der Waals surface area (Å²) in [5, 5.41) is 2.63. The van der Waals surface area contributed by atoms with Gasteiger partial charge in [0.2, 0.25) is 10.0 Å². The van der Waals surface area contributed by atoms with Crippen LogP contribution < -0.4 is 5.32 Å². The van der Waals surface area contributed by atoms with Crippen molar-refractivity contribution < 1.29 is 27.5 Å². The van der Waals surface area contributed by atoms with Crippen LogP contribution in [0.2, 0.25) is 5.02 Å². The van der Waals surface area contributed by atoms with E-state index in [4.69, 9.17) is 21.1 Å². The molecule has 10 heteroatoms. The number of halogens is 1. The third-order valence-electron chi connectivity index (χ3n) is 4.36. The number of nitrogens with zero attached hydrogens (tertiary/aromatic N) is 1. The molecule has 1 N–H and O–H groups in total. The van der Waals surface area contributed by atoms with Crippen molar-refractivity contribution in [3.05, 3.63) is 58.6 Å².